The fraction of sp³-hybridized carbons (Fsp3) is 0.667. The van der Waals surface area contributed by atoms with Crippen LogP contribution in [-0.4, -0.2) is 24.8 Å². The summed E-state index contributed by atoms with van der Waals surface area (Å²) in [4.78, 5) is 6.17. The summed E-state index contributed by atoms with van der Waals surface area (Å²) in [6.07, 6.45) is 15.7. The third-order valence-corrected chi connectivity index (χ3v) is 4.12. The van der Waals surface area contributed by atoms with Gasteiger partial charge in [-0.1, -0.05) is 57.3 Å². The second-order valence-electron chi connectivity index (χ2n) is 6.28. The predicted octanol–water partition coefficient (Wildman–Crippen LogP) is 5.82. The minimum Gasteiger partial charge on any atom is -0.366 e. The van der Waals surface area contributed by atoms with Gasteiger partial charge in [-0.15, -0.1) is 5.92 Å². The Balaban J connectivity index is 3.70. The van der Waals surface area contributed by atoms with Crippen molar-refractivity contribution in [3.63, 3.8) is 0 Å². The van der Waals surface area contributed by atoms with Crippen LogP contribution in [0.1, 0.15) is 72.1 Å². The number of nitrogens with zero attached hydrogens (tertiary/aromatic N) is 2. The number of hydrogen-bond donors (Lipinski definition) is 0. The minimum atomic E-state index is 0.788. The molecular formula is C21H36N2. The van der Waals surface area contributed by atoms with Gasteiger partial charge in [-0.3, -0.25) is 0 Å². The SMILES string of the molecule is C=C/N=C\N(C)CCC(C)CCCCC/C=C(\CC)CC#CC. The molecule has 0 aromatic heterocycles. The van der Waals surface area contributed by atoms with Gasteiger partial charge < -0.3 is 4.90 Å². The highest BCUT2D eigenvalue weighted by Gasteiger charge is 2.03. The first-order valence-electron chi connectivity index (χ1n) is 9.05. The van der Waals surface area contributed by atoms with E-state index >= 15 is 0 Å². The fourth-order valence-electron chi connectivity index (χ4n) is 2.45. The van der Waals surface area contributed by atoms with Crippen molar-refractivity contribution in [3.8, 4) is 11.8 Å². The van der Waals surface area contributed by atoms with Crippen molar-refractivity contribution < 1.29 is 0 Å². The first kappa shape index (κ1) is 21.5. The molecule has 0 N–H and O–H groups in total. The van der Waals surface area contributed by atoms with Gasteiger partial charge >= 0.3 is 0 Å². The molecule has 0 saturated carbocycles. The second kappa shape index (κ2) is 15.4. The molecule has 0 heterocycles. The highest BCUT2D eigenvalue weighted by atomic mass is 15.1. The molecule has 0 fully saturated rings. The summed E-state index contributed by atoms with van der Waals surface area (Å²) in [6, 6.07) is 0. The zero-order chi connectivity index (χ0) is 17.3. The van der Waals surface area contributed by atoms with Gasteiger partial charge in [-0.2, -0.15) is 0 Å². The number of allylic oxidation sites excluding steroid dienone is 2. The zero-order valence-corrected chi connectivity index (χ0v) is 15.8. The van der Waals surface area contributed by atoms with Gasteiger partial charge in [0.05, 0.1) is 6.34 Å². The number of hydrogen-bond acceptors (Lipinski definition) is 1. The van der Waals surface area contributed by atoms with Crippen molar-refractivity contribution in [1.29, 1.82) is 0 Å². The molecule has 0 spiro atoms. The summed E-state index contributed by atoms with van der Waals surface area (Å²) in [7, 11) is 2.07. The van der Waals surface area contributed by atoms with Crippen LogP contribution in [0.4, 0.5) is 0 Å². The van der Waals surface area contributed by atoms with Crippen molar-refractivity contribution in [3.05, 3.63) is 24.4 Å². The smallest absolute Gasteiger partial charge is 0.0902 e. The van der Waals surface area contributed by atoms with Crippen LogP contribution < -0.4 is 0 Å². The van der Waals surface area contributed by atoms with E-state index in [0.717, 1.165) is 25.3 Å². The first-order valence-corrected chi connectivity index (χ1v) is 9.05. The third kappa shape index (κ3) is 13.9. The van der Waals surface area contributed by atoms with E-state index in [1.54, 1.807) is 6.20 Å². The lowest BCUT2D eigenvalue weighted by Crippen LogP contribution is -2.19. The Morgan fingerprint density at radius 3 is 2.70 bits per heavy atom. The lowest BCUT2D eigenvalue weighted by atomic mass is 9.99. The van der Waals surface area contributed by atoms with Gasteiger partial charge in [0.15, 0.2) is 0 Å². The molecule has 1 atom stereocenters. The Morgan fingerprint density at radius 2 is 2.04 bits per heavy atom. The van der Waals surface area contributed by atoms with Crippen LogP contribution in [0.3, 0.4) is 0 Å². The van der Waals surface area contributed by atoms with Crippen molar-refractivity contribution >= 4 is 6.34 Å². The molecule has 23 heavy (non-hydrogen) atoms. The molecule has 1 unspecified atom stereocenters. The van der Waals surface area contributed by atoms with Gasteiger partial charge in [-0.25, -0.2) is 4.99 Å². The van der Waals surface area contributed by atoms with E-state index in [-0.39, 0.29) is 0 Å². The summed E-state index contributed by atoms with van der Waals surface area (Å²) in [6.45, 7) is 11.2. The third-order valence-electron chi connectivity index (χ3n) is 4.12. The van der Waals surface area contributed by atoms with E-state index in [9.17, 15) is 0 Å². The van der Waals surface area contributed by atoms with Crippen molar-refractivity contribution in [2.75, 3.05) is 13.6 Å². The van der Waals surface area contributed by atoms with Crippen molar-refractivity contribution in [2.45, 2.75) is 72.1 Å². The number of rotatable bonds is 13. The van der Waals surface area contributed by atoms with Crippen molar-refractivity contribution in [1.82, 2.24) is 4.90 Å². The van der Waals surface area contributed by atoms with Crippen LogP contribution in [0, 0.1) is 17.8 Å². The average molecular weight is 317 g/mol. The summed E-state index contributed by atoms with van der Waals surface area (Å²) in [5.41, 5.74) is 1.50. The molecule has 0 amide bonds. The number of aliphatic imine (C=N–C) groups is 1. The van der Waals surface area contributed by atoms with E-state index in [0.29, 0.717) is 0 Å². The van der Waals surface area contributed by atoms with Gasteiger partial charge in [0, 0.05) is 26.2 Å². The molecular weight excluding hydrogens is 280 g/mol. The molecule has 2 heteroatoms. The average Bonchev–Trinajstić information content (AvgIpc) is 2.56. The molecule has 0 aliphatic carbocycles. The molecule has 0 aromatic rings. The highest BCUT2D eigenvalue weighted by Crippen LogP contribution is 2.15. The molecule has 0 aliphatic rings. The Kier molecular flexibility index (Phi) is 14.4. The summed E-state index contributed by atoms with van der Waals surface area (Å²) < 4.78 is 0. The summed E-state index contributed by atoms with van der Waals surface area (Å²) >= 11 is 0. The maximum atomic E-state index is 4.04. The van der Waals surface area contributed by atoms with Crippen LogP contribution in [0.2, 0.25) is 0 Å². The Bertz CT molecular complexity index is 409. The van der Waals surface area contributed by atoms with Crippen LogP contribution in [-0.2, 0) is 0 Å². The van der Waals surface area contributed by atoms with E-state index < -0.39 is 0 Å². The maximum Gasteiger partial charge on any atom is 0.0902 e. The highest BCUT2D eigenvalue weighted by molar-refractivity contribution is 5.55. The molecule has 0 radical (unpaired) electrons. The van der Waals surface area contributed by atoms with Crippen LogP contribution in [0.25, 0.3) is 0 Å². The number of unbranched alkanes of at least 4 members (excludes halogenated alkanes) is 3. The Morgan fingerprint density at radius 1 is 1.26 bits per heavy atom. The van der Waals surface area contributed by atoms with Gasteiger partial charge in [0.2, 0.25) is 0 Å². The molecule has 0 aliphatic heterocycles. The van der Waals surface area contributed by atoms with E-state index in [1.165, 1.54) is 44.1 Å². The van der Waals surface area contributed by atoms with Gasteiger partial charge in [-0.05, 0) is 38.5 Å². The molecule has 0 aromatic carbocycles. The van der Waals surface area contributed by atoms with E-state index in [1.807, 2.05) is 13.3 Å². The van der Waals surface area contributed by atoms with Crippen molar-refractivity contribution in [2.24, 2.45) is 10.9 Å². The Hall–Kier alpha value is -1.49. The largest absolute Gasteiger partial charge is 0.366 e. The van der Waals surface area contributed by atoms with Crippen LogP contribution in [0.5, 0.6) is 0 Å². The van der Waals surface area contributed by atoms with E-state index in [4.69, 9.17) is 0 Å². The molecule has 2 nitrogen and oxygen atoms in total. The minimum absolute atomic E-state index is 0.788. The molecule has 0 saturated heterocycles. The standard InChI is InChI=1S/C21H36N2/c1-6-9-15-21(7-2)16-13-11-10-12-14-20(4)17-18-23(5)19-22-8-3/h8,16,19-20H,3,7,10-15,17-18H2,1-2,4-5H3/b21-16+,22-19-. The van der Waals surface area contributed by atoms with Gasteiger partial charge in [0.1, 0.15) is 0 Å². The lowest BCUT2D eigenvalue weighted by Gasteiger charge is -2.16. The normalized spacial score (nSPS) is 12.8. The quantitative estimate of drug-likeness (QED) is 0.137. The zero-order valence-electron chi connectivity index (χ0n) is 15.8. The monoisotopic (exact) mass is 316 g/mol. The molecule has 130 valence electrons. The van der Waals surface area contributed by atoms with Crippen LogP contribution >= 0.6 is 0 Å². The van der Waals surface area contributed by atoms with Crippen LogP contribution in [0.15, 0.2) is 29.4 Å². The summed E-state index contributed by atoms with van der Waals surface area (Å²) in [5, 5.41) is 0. The lowest BCUT2D eigenvalue weighted by molar-refractivity contribution is 0.399. The predicted molar refractivity (Wildman–Crippen MR) is 105 cm³/mol. The summed E-state index contributed by atoms with van der Waals surface area (Å²) in [5.74, 6) is 6.93. The van der Waals surface area contributed by atoms with E-state index in [2.05, 4.69) is 55.3 Å². The molecule has 0 rings (SSSR count). The maximum absolute atomic E-state index is 4.04. The molecule has 0 bridgehead atoms. The fourth-order valence-corrected chi connectivity index (χ4v) is 2.45. The second-order valence-corrected chi connectivity index (χ2v) is 6.28. The first-order chi connectivity index (χ1) is 11.1. The van der Waals surface area contributed by atoms with Gasteiger partial charge in [0.25, 0.3) is 0 Å². The Labute approximate surface area is 144 Å². The topological polar surface area (TPSA) is 15.6 Å².